The van der Waals surface area contributed by atoms with Gasteiger partial charge in [0.2, 0.25) is 0 Å². The molecule has 1 amide bonds. The van der Waals surface area contributed by atoms with Crippen LogP contribution < -0.4 is 10.6 Å². The van der Waals surface area contributed by atoms with Gasteiger partial charge in [-0.05, 0) is 37.8 Å². The summed E-state index contributed by atoms with van der Waals surface area (Å²) >= 11 is 0. The molecule has 0 radical (unpaired) electrons. The zero-order valence-corrected chi connectivity index (χ0v) is 10.3. The SMILES string of the molecule is Cc1cccc(C)c1NC(=O)C1=CNCCC1. The molecule has 2 rings (SSSR count). The summed E-state index contributed by atoms with van der Waals surface area (Å²) in [7, 11) is 0. The summed E-state index contributed by atoms with van der Waals surface area (Å²) in [6.45, 7) is 4.98. The molecule has 3 heteroatoms. The largest absolute Gasteiger partial charge is 0.391 e. The molecule has 1 aromatic rings. The molecule has 0 atom stereocenters. The Balaban J connectivity index is 2.15. The second kappa shape index (κ2) is 5.04. The van der Waals surface area contributed by atoms with Crippen LogP contribution in [0.5, 0.6) is 0 Å². The lowest BCUT2D eigenvalue weighted by molar-refractivity contribution is -0.113. The monoisotopic (exact) mass is 230 g/mol. The molecule has 17 heavy (non-hydrogen) atoms. The van der Waals surface area contributed by atoms with Gasteiger partial charge in [0, 0.05) is 24.0 Å². The van der Waals surface area contributed by atoms with Crippen LogP contribution >= 0.6 is 0 Å². The van der Waals surface area contributed by atoms with E-state index in [0.29, 0.717) is 0 Å². The van der Waals surface area contributed by atoms with E-state index in [9.17, 15) is 4.79 Å². The van der Waals surface area contributed by atoms with E-state index in [1.807, 2.05) is 38.2 Å². The van der Waals surface area contributed by atoms with Crippen molar-refractivity contribution >= 4 is 11.6 Å². The highest BCUT2D eigenvalue weighted by Crippen LogP contribution is 2.21. The molecule has 1 aliphatic heterocycles. The van der Waals surface area contributed by atoms with Crippen LogP contribution in [0.15, 0.2) is 30.0 Å². The number of anilines is 1. The first-order chi connectivity index (χ1) is 8.18. The highest BCUT2D eigenvalue weighted by atomic mass is 16.1. The Morgan fingerprint density at radius 3 is 2.59 bits per heavy atom. The molecule has 0 aromatic heterocycles. The molecular weight excluding hydrogens is 212 g/mol. The number of nitrogens with one attached hydrogen (secondary N) is 2. The van der Waals surface area contributed by atoms with E-state index in [4.69, 9.17) is 0 Å². The average molecular weight is 230 g/mol. The zero-order chi connectivity index (χ0) is 12.3. The number of carbonyl (C=O) groups is 1. The van der Waals surface area contributed by atoms with Crippen molar-refractivity contribution in [3.63, 3.8) is 0 Å². The van der Waals surface area contributed by atoms with Gasteiger partial charge in [0.1, 0.15) is 0 Å². The Morgan fingerprint density at radius 1 is 1.29 bits per heavy atom. The predicted octanol–water partition coefficient (Wildman–Crippen LogP) is 2.51. The molecular formula is C14H18N2O. The summed E-state index contributed by atoms with van der Waals surface area (Å²) in [5.74, 6) is 0.00889. The van der Waals surface area contributed by atoms with Crippen LogP contribution in [0.3, 0.4) is 0 Å². The minimum Gasteiger partial charge on any atom is -0.391 e. The van der Waals surface area contributed by atoms with Gasteiger partial charge in [-0.1, -0.05) is 18.2 Å². The third-order valence-corrected chi connectivity index (χ3v) is 3.05. The highest BCUT2D eigenvalue weighted by molar-refractivity contribution is 6.04. The first-order valence-corrected chi connectivity index (χ1v) is 5.98. The summed E-state index contributed by atoms with van der Waals surface area (Å²) < 4.78 is 0. The van der Waals surface area contributed by atoms with Gasteiger partial charge in [0.15, 0.2) is 0 Å². The van der Waals surface area contributed by atoms with E-state index < -0.39 is 0 Å². The molecule has 2 N–H and O–H groups in total. The van der Waals surface area contributed by atoms with E-state index in [1.54, 1.807) is 0 Å². The standard InChI is InChI=1S/C14H18N2O/c1-10-5-3-6-11(2)13(10)16-14(17)12-7-4-8-15-9-12/h3,5-6,9,15H,4,7-8H2,1-2H3,(H,16,17). The van der Waals surface area contributed by atoms with Crippen molar-refractivity contribution in [2.75, 3.05) is 11.9 Å². The van der Waals surface area contributed by atoms with Gasteiger partial charge in [-0.15, -0.1) is 0 Å². The molecule has 0 fully saturated rings. The molecule has 1 aromatic carbocycles. The molecule has 0 spiro atoms. The second-order valence-electron chi connectivity index (χ2n) is 4.45. The lowest BCUT2D eigenvalue weighted by atomic mass is 10.1. The van der Waals surface area contributed by atoms with Crippen LogP contribution in [0.4, 0.5) is 5.69 Å². The molecule has 1 aliphatic rings. The smallest absolute Gasteiger partial charge is 0.253 e. The first-order valence-electron chi connectivity index (χ1n) is 5.98. The van der Waals surface area contributed by atoms with Crippen LogP contribution in [0.1, 0.15) is 24.0 Å². The summed E-state index contributed by atoms with van der Waals surface area (Å²) in [5.41, 5.74) is 3.97. The van der Waals surface area contributed by atoms with Crippen molar-refractivity contribution < 1.29 is 4.79 Å². The van der Waals surface area contributed by atoms with Crippen molar-refractivity contribution in [2.24, 2.45) is 0 Å². The molecule has 90 valence electrons. The Kier molecular flexibility index (Phi) is 3.47. The Hall–Kier alpha value is -1.77. The lowest BCUT2D eigenvalue weighted by Gasteiger charge is -2.16. The summed E-state index contributed by atoms with van der Waals surface area (Å²) in [6.07, 6.45) is 3.70. The number of para-hydroxylation sites is 1. The maximum atomic E-state index is 12.1. The lowest BCUT2D eigenvalue weighted by Crippen LogP contribution is -2.23. The fourth-order valence-corrected chi connectivity index (χ4v) is 2.03. The fraction of sp³-hybridized carbons (Fsp3) is 0.357. The molecule has 0 saturated carbocycles. The molecule has 0 aliphatic carbocycles. The number of carbonyl (C=O) groups excluding carboxylic acids is 1. The Labute approximate surface area is 102 Å². The van der Waals surface area contributed by atoms with Crippen molar-refractivity contribution in [2.45, 2.75) is 26.7 Å². The van der Waals surface area contributed by atoms with Crippen molar-refractivity contribution in [3.8, 4) is 0 Å². The number of aryl methyl sites for hydroxylation is 2. The van der Waals surface area contributed by atoms with Gasteiger partial charge in [0.25, 0.3) is 5.91 Å². The minimum atomic E-state index is 0.00889. The van der Waals surface area contributed by atoms with Gasteiger partial charge in [-0.2, -0.15) is 0 Å². The van der Waals surface area contributed by atoms with Crippen LogP contribution in [0, 0.1) is 13.8 Å². The van der Waals surface area contributed by atoms with Crippen LogP contribution in [-0.4, -0.2) is 12.5 Å². The maximum absolute atomic E-state index is 12.1. The van der Waals surface area contributed by atoms with E-state index >= 15 is 0 Å². The summed E-state index contributed by atoms with van der Waals surface area (Å²) in [5, 5.41) is 6.11. The van der Waals surface area contributed by atoms with Crippen LogP contribution in [0.25, 0.3) is 0 Å². The molecule has 3 nitrogen and oxygen atoms in total. The zero-order valence-electron chi connectivity index (χ0n) is 10.3. The number of hydrogen-bond donors (Lipinski definition) is 2. The number of benzene rings is 1. The molecule has 0 unspecified atom stereocenters. The predicted molar refractivity (Wildman–Crippen MR) is 69.9 cm³/mol. The van der Waals surface area contributed by atoms with E-state index in [0.717, 1.165) is 41.8 Å². The van der Waals surface area contributed by atoms with Crippen LogP contribution in [-0.2, 0) is 4.79 Å². The average Bonchev–Trinajstić information content (AvgIpc) is 2.35. The van der Waals surface area contributed by atoms with Crippen molar-refractivity contribution in [3.05, 3.63) is 41.1 Å². The Morgan fingerprint density at radius 2 is 2.00 bits per heavy atom. The first kappa shape index (κ1) is 11.7. The van der Waals surface area contributed by atoms with Crippen molar-refractivity contribution in [1.82, 2.24) is 5.32 Å². The molecule has 1 heterocycles. The van der Waals surface area contributed by atoms with Gasteiger partial charge < -0.3 is 10.6 Å². The number of hydrogen-bond acceptors (Lipinski definition) is 2. The van der Waals surface area contributed by atoms with E-state index in [1.165, 1.54) is 0 Å². The highest BCUT2D eigenvalue weighted by Gasteiger charge is 2.13. The number of amides is 1. The normalized spacial score (nSPS) is 14.8. The third kappa shape index (κ3) is 2.67. The third-order valence-electron chi connectivity index (χ3n) is 3.05. The van der Waals surface area contributed by atoms with E-state index in [2.05, 4.69) is 10.6 Å². The van der Waals surface area contributed by atoms with Gasteiger partial charge in [-0.3, -0.25) is 4.79 Å². The number of rotatable bonds is 2. The van der Waals surface area contributed by atoms with Crippen molar-refractivity contribution in [1.29, 1.82) is 0 Å². The summed E-state index contributed by atoms with van der Waals surface area (Å²) in [4.78, 5) is 12.1. The second-order valence-corrected chi connectivity index (χ2v) is 4.45. The molecule has 0 bridgehead atoms. The van der Waals surface area contributed by atoms with Gasteiger partial charge in [0.05, 0.1) is 0 Å². The Bertz CT molecular complexity index is 443. The molecule has 0 saturated heterocycles. The van der Waals surface area contributed by atoms with E-state index in [-0.39, 0.29) is 5.91 Å². The fourth-order valence-electron chi connectivity index (χ4n) is 2.03. The van der Waals surface area contributed by atoms with Gasteiger partial charge in [-0.25, -0.2) is 0 Å². The topological polar surface area (TPSA) is 41.1 Å². The van der Waals surface area contributed by atoms with Gasteiger partial charge >= 0.3 is 0 Å². The maximum Gasteiger partial charge on any atom is 0.253 e. The minimum absolute atomic E-state index is 0.00889. The summed E-state index contributed by atoms with van der Waals surface area (Å²) in [6, 6.07) is 6.02. The van der Waals surface area contributed by atoms with Crippen LogP contribution in [0.2, 0.25) is 0 Å². The quantitative estimate of drug-likeness (QED) is 0.819.